The lowest BCUT2D eigenvalue weighted by Crippen LogP contribution is -2.39. The number of carbonyl (C=O) groups excluding carboxylic acids is 1. The third kappa shape index (κ3) is 4.75. The van der Waals surface area contributed by atoms with Crippen molar-refractivity contribution in [1.29, 1.82) is 0 Å². The Balaban J connectivity index is 1.71. The third-order valence-electron chi connectivity index (χ3n) is 4.37. The maximum absolute atomic E-state index is 12.7. The van der Waals surface area contributed by atoms with Gasteiger partial charge in [-0.2, -0.15) is 0 Å². The summed E-state index contributed by atoms with van der Waals surface area (Å²) in [5.41, 5.74) is 1.36. The van der Waals surface area contributed by atoms with Crippen LogP contribution in [0.3, 0.4) is 0 Å². The molecule has 2 aromatic carbocycles. The van der Waals surface area contributed by atoms with E-state index in [-0.39, 0.29) is 18.9 Å². The topological polar surface area (TPSA) is 84.9 Å². The monoisotopic (exact) mass is 404 g/mol. The minimum atomic E-state index is -3.47. The molecule has 0 bridgehead atoms. The van der Waals surface area contributed by atoms with Gasteiger partial charge in [-0.25, -0.2) is 8.42 Å². The largest absolute Gasteiger partial charge is 0.494 e. The smallest absolute Gasteiger partial charge is 0.261 e. The van der Waals surface area contributed by atoms with Crippen LogP contribution >= 0.6 is 0 Å². The summed E-state index contributed by atoms with van der Waals surface area (Å²) in [5, 5.41) is 2.86. The molecule has 1 atom stereocenters. The first-order chi connectivity index (χ1) is 13.4. The first-order valence-electron chi connectivity index (χ1n) is 9.11. The predicted molar refractivity (Wildman–Crippen MR) is 107 cm³/mol. The van der Waals surface area contributed by atoms with Crippen LogP contribution in [-0.2, 0) is 21.4 Å². The molecule has 1 aliphatic rings. The molecule has 1 N–H and O–H groups in total. The van der Waals surface area contributed by atoms with Gasteiger partial charge in [0, 0.05) is 19.5 Å². The Morgan fingerprint density at radius 1 is 1.25 bits per heavy atom. The maximum atomic E-state index is 12.7. The lowest BCUT2D eigenvalue weighted by molar-refractivity contribution is -0.128. The quantitative estimate of drug-likeness (QED) is 0.799. The summed E-state index contributed by atoms with van der Waals surface area (Å²) in [4.78, 5) is 12.7. The van der Waals surface area contributed by atoms with Crippen molar-refractivity contribution in [2.75, 3.05) is 23.7 Å². The molecular formula is C20H24N2O5S. The van der Waals surface area contributed by atoms with Crippen molar-refractivity contribution in [2.45, 2.75) is 26.0 Å². The first-order valence-corrected chi connectivity index (χ1v) is 11.0. The zero-order valence-corrected chi connectivity index (χ0v) is 16.7. The number of ether oxygens (including phenoxy) is 2. The van der Waals surface area contributed by atoms with Gasteiger partial charge in [0.25, 0.3) is 5.91 Å². The van der Waals surface area contributed by atoms with Crippen LogP contribution in [0.25, 0.3) is 0 Å². The minimum Gasteiger partial charge on any atom is -0.494 e. The molecule has 1 aliphatic heterocycles. The average Bonchev–Trinajstić information content (AvgIpc) is 2.86. The van der Waals surface area contributed by atoms with E-state index in [0.29, 0.717) is 24.6 Å². The van der Waals surface area contributed by atoms with Crippen molar-refractivity contribution in [3.8, 4) is 11.5 Å². The molecule has 1 amide bonds. The number of rotatable bonds is 6. The molecule has 150 valence electrons. The van der Waals surface area contributed by atoms with Gasteiger partial charge in [-0.05, 0) is 36.8 Å². The number of nitrogens with one attached hydrogen (secondary N) is 1. The number of benzene rings is 2. The van der Waals surface area contributed by atoms with Crippen LogP contribution in [0.1, 0.15) is 18.9 Å². The van der Waals surface area contributed by atoms with E-state index in [1.165, 1.54) is 4.31 Å². The van der Waals surface area contributed by atoms with Gasteiger partial charge in [-0.1, -0.05) is 24.3 Å². The summed E-state index contributed by atoms with van der Waals surface area (Å²) in [7, 11) is -3.47. The number of anilines is 1. The van der Waals surface area contributed by atoms with Gasteiger partial charge in [0.05, 0.1) is 18.6 Å². The molecule has 8 heteroatoms. The standard InChI is InChI=1S/C20H24N2O5S/c1-3-26-16-8-6-7-15(13-16)14-21-20(23)19-11-12-22(28(2,24)25)17-9-4-5-10-18(17)27-19/h4-10,13,19H,3,11-12,14H2,1-2H3,(H,21,23)/t19-/m1/s1. The van der Waals surface area contributed by atoms with Gasteiger partial charge in [-0.3, -0.25) is 9.10 Å². The summed E-state index contributed by atoms with van der Waals surface area (Å²) < 4.78 is 36.9. The van der Waals surface area contributed by atoms with E-state index >= 15 is 0 Å². The lowest BCUT2D eigenvalue weighted by atomic mass is 10.2. The number of hydrogen-bond acceptors (Lipinski definition) is 5. The number of fused-ring (bicyclic) bond motifs is 1. The van der Waals surface area contributed by atoms with E-state index in [9.17, 15) is 13.2 Å². The fourth-order valence-electron chi connectivity index (χ4n) is 3.07. The van der Waals surface area contributed by atoms with Crippen molar-refractivity contribution < 1.29 is 22.7 Å². The highest BCUT2D eigenvalue weighted by molar-refractivity contribution is 7.92. The van der Waals surface area contributed by atoms with Gasteiger partial charge in [-0.15, -0.1) is 0 Å². The molecule has 0 unspecified atom stereocenters. The van der Waals surface area contributed by atoms with Crippen molar-refractivity contribution in [2.24, 2.45) is 0 Å². The highest BCUT2D eigenvalue weighted by atomic mass is 32.2. The summed E-state index contributed by atoms with van der Waals surface area (Å²) in [5.74, 6) is 0.841. The second kappa shape index (κ2) is 8.52. The number of nitrogens with zero attached hydrogens (tertiary/aromatic N) is 1. The Morgan fingerprint density at radius 3 is 2.79 bits per heavy atom. The molecular weight excluding hydrogens is 380 g/mol. The predicted octanol–water partition coefficient (Wildman–Crippen LogP) is 2.32. The zero-order valence-electron chi connectivity index (χ0n) is 15.9. The lowest BCUT2D eigenvalue weighted by Gasteiger charge is -2.20. The van der Waals surface area contributed by atoms with Gasteiger partial charge in [0.1, 0.15) is 11.5 Å². The first kappa shape index (κ1) is 20.0. The van der Waals surface area contributed by atoms with Crippen LogP contribution in [0.5, 0.6) is 11.5 Å². The number of para-hydroxylation sites is 2. The van der Waals surface area contributed by atoms with Crippen molar-refractivity contribution in [3.63, 3.8) is 0 Å². The average molecular weight is 404 g/mol. The van der Waals surface area contributed by atoms with Gasteiger partial charge >= 0.3 is 0 Å². The molecule has 0 fully saturated rings. The van der Waals surface area contributed by atoms with E-state index in [4.69, 9.17) is 9.47 Å². The molecule has 2 aromatic rings. The molecule has 0 aliphatic carbocycles. The summed E-state index contributed by atoms with van der Waals surface area (Å²) in [6.07, 6.45) is 0.630. The third-order valence-corrected chi connectivity index (χ3v) is 5.55. The molecule has 28 heavy (non-hydrogen) atoms. The Morgan fingerprint density at radius 2 is 2.04 bits per heavy atom. The highest BCUT2D eigenvalue weighted by Crippen LogP contribution is 2.33. The maximum Gasteiger partial charge on any atom is 0.261 e. The highest BCUT2D eigenvalue weighted by Gasteiger charge is 2.30. The van der Waals surface area contributed by atoms with E-state index in [2.05, 4.69) is 5.32 Å². The van der Waals surface area contributed by atoms with Crippen molar-refractivity contribution in [1.82, 2.24) is 5.32 Å². The molecule has 7 nitrogen and oxygen atoms in total. The zero-order chi connectivity index (χ0) is 20.1. The Bertz CT molecular complexity index is 945. The summed E-state index contributed by atoms with van der Waals surface area (Å²) in [6, 6.07) is 14.3. The summed E-state index contributed by atoms with van der Waals surface area (Å²) >= 11 is 0. The second-order valence-electron chi connectivity index (χ2n) is 6.50. The molecule has 0 saturated carbocycles. The van der Waals surface area contributed by atoms with Crippen LogP contribution in [0.15, 0.2) is 48.5 Å². The number of carbonyl (C=O) groups is 1. The molecule has 3 rings (SSSR count). The minimum absolute atomic E-state index is 0.174. The van der Waals surface area contributed by atoms with Crippen LogP contribution in [0.4, 0.5) is 5.69 Å². The Hall–Kier alpha value is -2.74. The molecule has 0 spiro atoms. The molecule has 0 aromatic heterocycles. The Kier molecular flexibility index (Phi) is 6.08. The summed E-state index contributed by atoms with van der Waals surface area (Å²) in [6.45, 7) is 2.99. The molecule has 0 saturated heterocycles. The van der Waals surface area contributed by atoms with E-state index in [1.54, 1.807) is 24.3 Å². The van der Waals surface area contributed by atoms with Crippen LogP contribution in [0, 0.1) is 0 Å². The second-order valence-corrected chi connectivity index (χ2v) is 8.40. The van der Waals surface area contributed by atoms with E-state index in [1.807, 2.05) is 31.2 Å². The van der Waals surface area contributed by atoms with Gasteiger partial charge in [0.15, 0.2) is 6.10 Å². The molecule has 1 heterocycles. The fraction of sp³-hybridized carbons (Fsp3) is 0.350. The van der Waals surface area contributed by atoms with Gasteiger partial charge < -0.3 is 14.8 Å². The fourth-order valence-corrected chi connectivity index (χ4v) is 4.02. The van der Waals surface area contributed by atoms with Crippen molar-refractivity contribution in [3.05, 3.63) is 54.1 Å². The van der Waals surface area contributed by atoms with Crippen LogP contribution < -0.4 is 19.1 Å². The SMILES string of the molecule is CCOc1cccc(CNC(=O)[C@H]2CCN(S(C)(=O)=O)c3ccccc3O2)c1. The number of sulfonamides is 1. The number of hydrogen-bond donors (Lipinski definition) is 1. The normalized spacial score (nSPS) is 16.5. The van der Waals surface area contributed by atoms with Crippen LogP contribution in [0.2, 0.25) is 0 Å². The number of amides is 1. The van der Waals surface area contributed by atoms with Gasteiger partial charge in [0.2, 0.25) is 10.0 Å². The van der Waals surface area contributed by atoms with E-state index < -0.39 is 16.1 Å². The van der Waals surface area contributed by atoms with E-state index in [0.717, 1.165) is 17.6 Å². The van der Waals surface area contributed by atoms with Crippen LogP contribution in [-0.4, -0.2) is 39.8 Å². The van der Waals surface area contributed by atoms with Crippen molar-refractivity contribution >= 4 is 21.6 Å². The molecule has 0 radical (unpaired) electrons. The Labute approximate surface area is 165 Å².